The molecule has 0 N–H and O–H groups in total. The number of rotatable bonds is 3. The number of allylic oxidation sites excluding steroid dienone is 4. The molecule has 12 rings (SSSR count). The standard InChI is InChI=1S/C57H49N3/c1-55(2)43-24-14-17-27-51(43)59(37-21-11-8-12-22-37)53-34-45-40(32-47(53)55)41-33-48-54(35-46(41)57(45,5)6)60(52-28-18-15-25-44(52)56(48,3)4)38-29-30-50-42(31-38)39-23-13-16-26-49(39)58(50)36-19-9-7-10-20-36/h7-9,11-19,21-35H,10,20H2,1-6H3. The summed E-state index contributed by atoms with van der Waals surface area (Å²) in [5.74, 6) is 0. The van der Waals surface area contributed by atoms with Crippen LogP contribution in [0.3, 0.4) is 0 Å². The van der Waals surface area contributed by atoms with E-state index >= 15 is 0 Å². The summed E-state index contributed by atoms with van der Waals surface area (Å²) in [6, 6.07) is 55.3. The van der Waals surface area contributed by atoms with Crippen LogP contribution < -0.4 is 9.80 Å². The number of para-hydroxylation sites is 4. The molecular weight excluding hydrogens is 727 g/mol. The Balaban J connectivity index is 1.08. The van der Waals surface area contributed by atoms with Gasteiger partial charge in [0.05, 0.1) is 33.8 Å². The van der Waals surface area contributed by atoms with Gasteiger partial charge in [-0.25, -0.2) is 0 Å². The maximum absolute atomic E-state index is 2.57. The third-order valence-electron chi connectivity index (χ3n) is 14.6. The van der Waals surface area contributed by atoms with Gasteiger partial charge in [0, 0.05) is 44.1 Å². The highest BCUT2D eigenvalue weighted by Gasteiger charge is 2.45. The first kappa shape index (κ1) is 35.4. The van der Waals surface area contributed by atoms with E-state index in [1.54, 1.807) is 0 Å². The molecule has 0 radical (unpaired) electrons. The number of hydrogen-bond donors (Lipinski definition) is 0. The van der Waals surface area contributed by atoms with Crippen LogP contribution in [0.15, 0.2) is 164 Å². The lowest BCUT2D eigenvalue weighted by Crippen LogP contribution is -2.31. The van der Waals surface area contributed by atoms with Crippen molar-refractivity contribution >= 4 is 61.6 Å². The fourth-order valence-corrected chi connectivity index (χ4v) is 11.4. The van der Waals surface area contributed by atoms with E-state index in [1.165, 1.54) is 106 Å². The highest BCUT2D eigenvalue weighted by atomic mass is 15.2. The molecule has 0 fully saturated rings. The average molecular weight is 776 g/mol. The Morgan fingerprint density at radius 3 is 1.57 bits per heavy atom. The molecule has 0 spiro atoms. The van der Waals surface area contributed by atoms with Gasteiger partial charge in [-0.1, -0.05) is 126 Å². The van der Waals surface area contributed by atoms with Gasteiger partial charge in [-0.2, -0.15) is 0 Å². The monoisotopic (exact) mass is 775 g/mol. The van der Waals surface area contributed by atoms with Crippen molar-refractivity contribution in [1.82, 2.24) is 4.57 Å². The van der Waals surface area contributed by atoms with Crippen LogP contribution in [0.5, 0.6) is 0 Å². The third-order valence-corrected chi connectivity index (χ3v) is 14.6. The zero-order chi connectivity index (χ0) is 40.7. The number of aromatic nitrogens is 1. The molecule has 8 aromatic rings. The van der Waals surface area contributed by atoms with Crippen molar-refractivity contribution in [3.8, 4) is 11.1 Å². The molecule has 60 heavy (non-hydrogen) atoms. The predicted octanol–water partition coefficient (Wildman–Crippen LogP) is 15.5. The maximum atomic E-state index is 2.57. The summed E-state index contributed by atoms with van der Waals surface area (Å²) < 4.78 is 2.49. The summed E-state index contributed by atoms with van der Waals surface area (Å²) in [6.07, 6.45) is 8.88. The first-order valence-corrected chi connectivity index (χ1v) is 21.7. The van der Waals surface area contributed by atoms with Crippen molar-refractivity contribution < 1.29 is 0 Å². The predicted molar refractivity (Wildman–Crippen MR) is 253 cm³/mol. The summed E-state index contributed by atoms with van der Waals surface area (Å²) in [7, 11) is 0. The Morgan fingerprint density at radius 1 is 0.417 bits per heavy atom. The van der Waals surface area contributed by atoms with Crippen molar-refractivity contribution in [1.29, 1.82) is 0 Å². The topological polar surface area (TPSA) is 11.4 Å². The molecular formula is C57H49N3. The fraction of sp³-hybridized carbons (Fsp3) is 0.193. The van der Waals surface area contributed by atoms with E-state index in [0.29, 0.717) is 0 Å². The van der Waals surface area contributed by atoms with E-state index in [1.807, 2.05) is 0 Å². The summed E-state index contributed by atoms with van der Waals surface area (Å²) in [4.78, 5) is 5.06. The van der Waals surface area contributed by atoms with E-state index in [-0.39, 0.29) is 16.2 Å². The molecule has 0 bridgehead atoms. The fourth-order valence-electron chi connectivity index (χ4n) is 11.4. The van der Waals surface area contributed by atoms with Gasteiger partial charge < -0.3 is 14.4 Å². The summed E-state index contributed by atoms with van der Waals surface area (Å²) in [5, 5.41) is 2.58. The Kier molecular flexibility index (Phi) is 7.21. The molecule has 3 heterocycles. The van der Waals surface area contributed by atoms with Gasteiger partial charge >= 0.3 is 0 Å². The molecule has 4 aliphatic rings. The van der Waals surface area contributed by atoms with E-state index in [0.717, 1.165) is 12.8 Å². The number of anilines is 6. The number of hydrogen-bond acceptors (Lipinski definition) is 2. The van der Waals surface area contributed by atoms with Crippen LogP contribution in [-0.4, -0.2) is 4.57 Å². The van der Waals surface area contributed by atoms with E-state index in [2.05, 4.69) is 220 Å². The molecule has 3 nitrogen and oxygen atoms in total. The van der Waals surface area contributed by atoms with Gasteiger partial charge in [0.2, 0.25) is 0 Å². The average Bonchev–Trinajstić information content (AvgIpc) is 3.71. The SMILES string of the molecule is CC1(C)c2cc3c(cc2-c2cc4c(cc21)N(c1ccc2c(c1)c1ccccc1n2C1=CC=CCC1)c1ccccc1C4(C)C)C(C)(C)c1ccccc1N3c1ccccc1. The Hall–Kier alpha value is -6.58. The molecule has 0 saturated heterocycles. The van der Waals surface area contributed by atoms with Crippen LogP contribution in [-0.2, 0) is 16.2 Å². The quantitative estimate of drug-likeness (QED) is 0.177. The highest BCUT2D eigenvalue weighted by Crippen LogP contribution is 2.61. The van der Waals surface area contributed by atoms with E-state index in [9.17, 15) is 0 Å². The van der Waals surface area contributed by atoms with Crippen molar-refractivity contribution in [3.63, 3.8) is 0 Å². The minimum Gasteiger partial charge on any atom is -0.313 e. The Labute approximate surface area is 353 Å². The van der Waals surface area contributed by atoms with Crippen LogP contribution >= 0.6 is 0 Å². The Morgan fingerprint density at radius 2 is 0.950 bits per heavy atom. The van der Waals surface area contributed by atoms with Crippen LogP contribution in [0, 0.1) is 0 Å². The molecule has 7 aromatic carbocycles. The van der Waals surface area contributed by atoms with Crippen molar-refractivity contribution in [2.24, 2.45) is 0 Å². The minimum atomic E-state index is -0.232. The lowest BCUT2D eigenvalue weighted by molar-refractivity contribution is 0.624. The molecule has 292 valence electrons. The molecule has 3 heteroatoms. The van der Waals surface area contributed by atoms with E-state index < -0.39 is 0 Å². The highest BCUT2D eigenvalue weighted by molar-refractivity contribution is 6.11. The molecule has 0 amide bonds. The molecule has 2 aliphatic heterocycles. The normalized spacial score (nSPS) is 17.4. The second-order valence-electron chi connectivity index (χ2n) is 18.9. The third kappa shape index (κ3) is 4.66. The second-order valence-corrected chi connectivity index (χ2v) is 18.9. The van der Waals surface area contributed by atoms with Gasteiger partial charge in [-0.05, 0) is 136 Å². The summed E-state index contributed by atoms with van der Waals surface area (Å²) in [6.45, 7) is 14.5. The lowest BCUT2D eigenvalue weighted by Gasteiger charge is -2.43. The van der Waals surface area contributed by atoms with Gasteiger partial charge in [0.1, 0.15) is 0 Å². The van der Waals surface area contributed by atoms with Gasteiger partial charge in [-0.15, -0.1) is 0 Å². The van der Waals surface area contributed by atoms with Gasteiger partial charge in [-0.3, -0.25) is 0 Å². The second kappa shape index (κ2) is 12.2. The zero-order valence-corrected chi connectivity index (χ0v) is 35.3. The number of nitrogens with zero attached hydrogens (tertiary/aromatic N) is 3. The van der Waals surface area contributed by atoms with Crippen LogP contribution in [0.4, 0.5) is 34.1 Å². The van der Waals surface area contributed by atoms with Gasteiger partial charge in [0.25, 0.3) is 0 Å². The van der Waals surface area contributed by atoms with Gasteiger partial charge in [0.15, 0.2) is 0 Å². The van der Waals surface area contributed by atoms with E-state index in [4.69, 9.17) is 0 Å². The first-order chi connectivity index (χ1) is 29.0. The molecule has 1 aromatic heterocycles. The maximum Gasteiger partial charge on any atom is 0.0539 e. The summed E-state index contributed by atoms with van der Waals surface area (Å²) >= 11 is 0. The number of benzene rings is 7. The smallest absolute Gasteiger partial charge is 0.0539 e. The van der Waals surface area contributed by atoms with Crippen LogP contribution in [0.1, 0.15) is 87.8 Å². The first-order valence-electron chi connectivity index (χ1n) is 21.7. The van der Waals surface area contributed by atoms with Crippen molar-refractivity contribution in [2.75, 3.05) is 9.80 Å². The van der Waals surface area contributed by atoms with Crippen LogP contribution in [0.2, 0.25) is 0 Å². The molecule has 2 aliphatic carbocycles. The largest absolute Gasteiger partial charge is 0.313 e. The van der Waals surface area contributed by atoms with Crippen molar-refractivity contribution in [2.45, 2.75) is 70.6 Å². The zero-order valence-electron chi connectivity index (χ0n) is 35.3. The molecule has 0 atom stereocenters. The van der Waals surface area contributed by atoms with Crippen LogP contribution in [0.25, 0.3) is 38.6 Å². The molecule has 0 unspecified atom stereocenters. The molecule has 0 saturated carbocycles. The Bertz CT molecular complexity index is 3190. The summed E-state index contributed by atoms with van der Waals surface area (Å²) in [5.41, 5.74) is 21.6. The van der Waals surface area contributed by atoms with Crippen molar-refractivity contribution in [3.05, 3.63) is 197 Å². The lowest BCUT2D eigenvalue weighted by atomic mass is 9.71. The number of fused-ring (bicyclic) bond motifs is 10. The minimum absolute atomic E-state index is 0.186.